The van der Waals surface area contributed by atoms with Crippen LogP contribution in [0.25, 0.3) is 0 Å². The number of nitrogens with one attached hydrogen (secondary N) is 3. The van der Waals surface area contributed by atoms with Crippen molar-refractivity contribution < 1.29 is 19.1 Å². The predicted octanol–water partition coefficient (Wildman–Crippen LogP) is 2.81. The van der Waals surface area contributed by atoms with E-state index in [0.29, 0.717) is 17.1 Å². The van der Waals surface area contributed by atoms with Gasteiger partial charge in [0, 0.05) is 0 Å². The summed E-state index contributed by atoms with van der Waals surface area (Å²) in [6.45, 7) is 7.36. The first-order valence-electron chi connectivity index (χ1n) is 9.12. The van der Waals surface area contributed by atoms with Crippen LogP contribution in [0.1, 0.15) is 35.3 Å². The fourth-order valence-electron chi connectivity index (χ4n) is 2.54. The maximum absolute atomic E-state index is 12.4. The van der Waals surface area contributed by atoms with Crippen molar-refractivity contribution in [3.63, 3.8) is 0 Å². The highest BCUT2D eigenvalue weighted by Crippen LogP contribution is 2.22. The van der Waals surface area contributed by atoms with Gasteiger partial charge >= 0.3 is 0 Å². The summed E-state index contributed by atoms with van der Waals surface area (Å²) in [5.41, 5.74) is 7.11. The Labute approximate surface area is 175 Å². The zero-order chi connectivity index (χ0) is 21.4. The summed E-state index contributed by atoms with van der Waals surface area (Å²) in [6.07, 6.45) is -0.0785. The van der Waals surface area contributed by atoms with Gasteiger partial charge in [-0.05, 0) is 63.2 Å². The van der Waals surface area contributed by atoms with Crippen LogP contribution in [0.2, 0.25) is 0 Å². The normalized spacial score (nSPS) is 10.2. The number of para-hydroxylation sites is 2. The van der Waals surface area contributed by atoms with E-state index in [0.717, 1.165) is 11.1 Å². The van der Waals surface area contributed by atoms with Crippen molar-refractivity contribution in [2.24, 2.45) is 0 Å². The van der Waals surface area contributed by atoms with Crippen molar-refractivity contribution >= 4 is 29.1 Å². The molecular formula is C21H25N3O4S. The molecule has 29 heavy (non-hydrogen) atoms. The highest BCUT2D eigenvalue weighted by atomic mass is 32.1. The molecule has 8 heteroatoms. The molecule has 7 nitrogen and oxygen atoms in total. The van der Waals surface area contributed by atoms with E-state index in [1.807, 2.05) is 45.9 Å². The van der Waals surface area contributed by atoms with Gasteiger partial charge in [0.15, 0.2) is 11.7 Å². The minimum absolute atomic E-state index is 0.0465. The average molecular weight is 416 g/mol. The molecule has 0 aliphatic rings. The molecule has 2 amide bonds. The average Bonchev–Trinajstić information content (AvgIpc) is 2.66. The molecule has 0 aliphatic heterocycles. The number of amides is 2. The Morgan fingerprint density at radius 1 is 1.00 bits per heavy atom. The first kappa shape index (κ1) is 22.2. The summed E-state index contributed by atoms with van der Waals surface area (Å²) < 4.78 is 11.2. The van der Waals surface area contributed by atoms with Gasteiger partial charge in [-0.15, -0.1) is 0 Å². The third-order valence-electron chi connectivity index (χ3n) is 3.79. The second-order valence-corrected chi connectivity index (χ2v) is 7.04. The van der Waals surface area contributed by atoms with Gasteiger partial charge in [0.05, 0.1) is 11.7 Å². The summed E-state index contributed by atoms with van der Waals surface area (Å²) in [5, 5.41) is 2.46. The van der Waals surface area contributed by atoms with Gasteiger partial charge in [0.25, 0.3) is 11.8 Å². The molecular weight excluding hydrogens is 390 g/mol. The van der Waals surface area contributed by atoms with E-state index in [2.05, 4.69) is 16.2 Å². The van der Waals surface area contributed by atoms with Crippen molar-refractivity contribution in [2.45, 2.75) is 33.8 Å². The monoisotopic (exact) mass is 415 g/mol. The number of carbonyl (C=O) groups is 2. The third kappa shape index (κ3) is 6.76. The van der Waals surface area contributed by atoms with E-state index in [1.54, 1.807) is 24.3 Å². The third-order valence-corrected chi connectivity index (χ3v) is 4.00. The van der Waals surface area contributed by atoms with Crippen LogP contribution in [0.3, 0.4) is 0 Å². The summed E-state index contributed by atoms with van der Waals surface area (Å²) >= 11 is 5.06. The van der Waals surface area contributed by atoms with Crippen LogP contribution in [0.15, 0.2) is 42.5 Å². The number of benzene rings is 2. The Balaban J connectivity index is 1.84. The van der Waals surface area contributed by atoms with Gasteiger partial charge in [-0.2, -0.15) is 0 Å². The van der Waals surface area contributed by atoms with E-state index < -0.39 is 11.8 Å². The second-order valence-electron chi connectivity index (χ2n) is 6.63. The van der Waals surface area contributed by atoms with E-state index in [1.165, 1.54) is 0 Å². The molecule has 0 saturated carbocycles. The van der Waals surface area contributed by atoms with Crippen LogP contribution in [0.4, 0.5) is 0 Å². The molecule has 3 N–H and O–H groups in total. The Kier molecular flexibility index (Phi) is 7.97. The number of carbonyl (C=O) groups excluding carboxylic acids is 2. The van der Waals surface area contributed by atoms with Crippen molar-refractivity contribution in [3.8, 4) is 11.5 Å². The van der Waals surface area contributed by atoms with E-state index in [-0.39, 0.29) is 17.8 Å². The molecule has 0 aliphatic carbocycles. The molecule has 2 aromatic rings. The molecule has 2 aromatic carbocycles. The number of hydrogen-bond acceptors (Lipinski definition) is 5. The Hall–Kier alpha value is -3.13. The van der Waals surface area contributed by atoms with Crippen LogP contribution in [-0.2, 0) is 4.79 Å². The summed E-state index contributed by atoms with van der Waals surface area (Å²) in [7, 11) is 0. The lowest BCUT2D eigenvalue weighted by atomic mass is 10.1. The first-order chi connectivity index (χ1) is 13.8. The Morgan fingerprint density at radius 3 is 2.31 bits per heavy atom. The maximum atomic E-state index is 12.4. The first-order valence-corrected chi connectivity index (χ1v) is 9.53. The van der Waals surface area contributed by atoms with Gasteiger partial charge in [0.2, 0.25) is 0 Å². The van der Waals surface area contributed by atoms with Crippen LogP contribution in [0, 0.1) is 13.8 Å². The van der Waals surface area contributed by atoms with Crippen molar-refractivity contribution in [1.29, 1.82) is 0 Å². The molecule has 0 aromatic heterocycles. The van der Waals surface area contributed by atoms with Crippen LogP contribution in [-0.4, -0.2) is 29.6 Å². The molecule has 2 rings (SSSR count). The molecule has 0 radical (unpaired) electrons. The Morgan fingerprint density at radius 2 is 1.66 bits per heavy atom. The number of hydrogen-bond donors (Lipinski definition) is 3. The number of hydrazine groups is 1. The fraction of sp³-hybridized carbons (Fsp3) is 0.286. The number of ether oxygens (including phenoxy) is 2. The second kappa shape index (κ2) is 10.4. The standard InChI is InChI=1S/C21H25N3O4S/c1-13(2)28-17-11-6-5-10-16(17)20(26)22-21(29)24-23-18(25)12-27-19-14(3)8-7-9-15(19)4/h5-11,13H,12H2,1-4H3,(H,23,25)(H2,22,24,26,29). The van der Waals surface area contributed by atoms with E-state index in [9.17, 15) is 9.59 Å². The highest BCUT2D eigenvalue weighted by molar-refractivity contribution is 7.80. The smallest absolute Gasteiger partial charge is 0.276 e. The molecule has 0 spiro atoms. The largest absolute Gasteiger partial charge is 0.490 e. The lowest BCUT2D eigenvalue weighted by Crippen LogP contribution is -2.49. The summed E-state index contributed by atoms with van der Waals surface area (Å²) in [4.78, 5) is 24.4. The molecule has 154 valence electrons. The Bertz CT molecular complexity index is 879. The van der Waals surface area contributed by atoms with Crippen molar-refractivity contribution in [1.82, 2.24) is 16.2 Å². The van der Waals surface area contributed by atoms with Gasteiger partial charge in [-0.25, -0.2) is 0 Å². The molecule has 0 bridgehead atoms. The van der Waals surface area contributed by atoms with Crippen molar-refractivity contribution in [3.05, 3.63) is 59.2 Å². The summed E-state index contributed by atoms with van der Waals surface area (Å²) in [6, 6.07) is 12.6. The van der Waals surface area contributed by atoms with E-state index in [4.69, 9.17) is 21.7 Å². The summed E-state index contributed by atoms with van der Waals surface area (Å²) in [5.74, 6) is 0.238. The molecule has 0 saturated heterocycles. The fourth-order valence-corrected chi connectivity index (χ4v) is 2.68. The molecule has 0 atom stereocenters. The minimum atomic E-state index is -0.445. The van der Waals surface area contributed by atoms with Crippen molar-refractivity contribution in [2.75, 3.05) is 6.61 Å². The number of rotatable bonds is 6. The van der Waals surface area contributed by atoms with Crippen LogP contribution >= 0.6 is 12.2 Å². The maximum Gasteiger partial charge on any atom is 0.276 e. The van der Waals surface area contributed by atoms with Crippen LogP contribution < -0.4 is 25.6 Å². The van der Waals surface area contributed by atoms with E-state index >= 15 is 0 Å². The highest BCUT2D eigenvalue weighted by Gasteiger charge is 2.15. The lowest BCUT2D eigenvalue weighted by Gasteiger charge is -2.15. The quantitative estimate of drug-likeness (QED) is 0.497. The van der Waals surface area contributed by atoms with Gasteiger partial charge in [0.1, 0.15) is 11.5 Å². The number of thiocarbonyl (C=S) groups is 1. The molecule has 0 unspecified atom stereocenters. The number of aryl methyl sites for hydroxylation is 2. The topological polar surface area (TPSA) is 88.7 Å². The van der Waals surface area contributed by atoms with Crippen LogP contribution in [0.5, 0.6) is 11.5 Å². The predicted molar refractivity (Wildman–Crippen MR) is 115 cm³/mol. The van der Waals surface area contributed by atoms with Gasteiger partial charge in [-0.1, -0.05) is 30.3 Å². The zero-order valence-corrected chi connectivity index (χ0v) is 17.7. The molecule has 0 heterocycles. The SMILES string of the molecule is Cc1cccc(C)c1OCC(=O)NNC(=S)NC(=O)c1ccccc1OC(C)C. The lowest BCUT2D eigenvalue weighted by molar-refractivity contribution is -0.123. The zero-order valence-electron chi connectivity index (χ0n) is 16.9. The molecule has 0 fully saturated rings. The van der Waals surface area contributed by atoms with Gasteiger partial charge in [-0.3, -0.25) is 25.8 Å². The minimum Gasteiger partial charge on any atom is -0.490 e. The van der Waals surface area contributed by atoms with Gasteiger partial charge < -0.3 is 9.47 Å².